The monoisotopic (exact) mass is 284 g/mol. The van der Waals surface area contributed by atoms with Crippen LogP contribution in [0.3, 0.4) is 0 Å². The summed E-state index contributed by atoms with van der Waals surface area (Å²) in [6.07, 6.45) is 3.46. The fourth-order valence-electron chi connectivity index (χ4n) is 1.73. The van der Waals surface area contributed by atoms with E-state index >= 15 is 0 Å². The molecule has 2 rings (SSSR count). The molecular formula is C16H16N2OS. The van der Waals surface area contributed by atoms with E-state index in [1.54, 1.807) is 17.2 Å². The second-order valence-electron chi connectivity index (χ2n) is 4.09. The summed E-state index contributed by atoms with van der Waals surface area (Å²) in [5, 5.41) is 0.854. The van der Waals surface area contributed by atoms with Crippen LogP contribution < -0.4 is 4.90 Å². The largest absolute Gasteiger partial charge is 0.308 e. The van der Waals surface area contributed by atoms with Gasteiger partial charge in [0.15, 0.2) is 0 Å². The number of carbonyl (C=O) groups excluding carboxylic acids is 1. The highest BCUT2D eigenvalue weighted by molar-refractivity contribution is 7.99. The van der Waals surface area contributed by atoms with Gasteiger partial charge in [0.05, 0.1) is 10.8 Å². The molecule has 1 amide bonds. The maximum Gasteiger partial charge on any atom is 0.237 e. The fourth-order valence-corrected chi connectivity index (χ4v) is 2.47. The van der Waals surface area contributed by atoms with Gasteiger partial charge in [0.25, 0.3) is 0 Å². The summed E-state index contributed by atoms with van der Waals surface area (Å²) in [6.45, 7) is 4.22. The molecule has 1 aromatic heterocycles. The highest BCUT2D eigenvalue weighted by atomic mass is 32.2. The predicted octanol–water partition coefficient (Wildman–Crippen LogP) is 3.39. The molecule has 20 heavy (non-hydrogen) atoms. The lowest BCUT2D eigenvalue weighted by atomic mass is 10.3. The van der Waals surface area contributed by atoms with E-state index in [9.17, 15) is 4.79 Å². The number of para-hydroxylation sites is 1. The van der Waals surface area contributed by atoms with Crippen LogP contribution in [-0.4, -0.2) is 23.2 Å². The molecule has 1 heterocycles. The number of pyridine rings is 1. The summed E-state index contributed by atoms with van der Waals surface area (Å²) in [5.74, 6) is 0.409. The third-order valence-electron chi connectivity index (χ3n) is 2.66. The number of carbonyl (C=O) groups is 1. The molecule has 0 aliphatic heterocycles. The number of amides is 1. The molecule has 0 unspecified atom stereocenters. The van der Waals surface area contributed by atoms with Crippen LogP contribution in [0.5, 0.6) is 0 Å². The number of rotatable bonds is 6. The Balaban J connectivity index is 2.02. The lowest BCUT2D eigenvalue weighted by Crippen LogP contribution is -2.32. The van der Waals surface area contributed by atoms with Gasteiger partial charge in [-0.1, -0.05) is 42.1 Å². The van der Waals surface area contributed by atoms with Crippen molar-refractivity contribution < 1.29 is 4.79 Å². The molecule has 0 fully saturated rings. The minimum atomic E-state index is 0.0479. The molecular weight excluding hydrogens is 268 g/mol. The molecule has 0 atom stereocenters. The Hall–Kier alpha value is -2.07. The molecule has 0 bridgehead atoms. The van der Waals surface area contributed by atoms with E-state index in [1.807, 2.05) is 48.5 Å². The van der Waals surface area contributed by atoms with Gasteiger partial charge in [0, 0.05) is 18.4 Å². The molecule has 0 aliphatic carbocycles. The van der Waals surface area contributed by atoms with Crippen molar-refractivity contribution in [2.45, 2.75) is 5.03 Å². The Morgan fingerprint density at radius 1 is 1.20 bits per heavy atom. The van der Waals surface area contributed by atoms with Gasteiger partial charge in [-0.05, 0) is 24.3 Å². The van der Waals surface area contributed by atoms with Gasteiger partial charge in [-0.15, -0.1) is 6.58 Å². The minimum absolute atomic E-state index is 0.0479. The Morgan fingerprint density at radius 2 is 1.95 bits per heavy atom. The summed E-state index contributed by atoms with van der Waals surface area (Å²) >= 11 is 1.44. The van der Waals surface area contributed by atoms with Crippen LogP contribution in [0.1, 0.15) is 0 Å². The van der Waals surface area contributed by atoms with E-state index in [0.717, 1.165) is 10.7 Å². The van der Waals surface area contributed by atoms with Gasteiger partial charge in [-0.25, -0.2) is 4.98 Å². The van der Waals surface area contributed by atoms with Gasteiger partial charge in [0.1, 0.15) is 0 Å². The molecule has 1 aromatic carbocycles. The molecule has 4 heteroatoms. The van der Waals surface area contributed by atoms with Crippen molar-refractivity contribution in [2.75, 3.05) is 17.2 Å². The fraction of sp³-hybridized carbons (Fsp3) is 0.125. The van der Waals surface area contributed by atoms with Crippen molar-refractivity contribution in [2.24, 2.45) is 0 Å². The smallest absolute Gasteiger partial charge is 0.237 e. The third kappa shape index (κ3) is 3.96. The predicted molar refractivity (Wildman–Crippen MR) is 84.0 cm³/mol. The summed E-state index contributed by atoms with van der Waals surface area (Å²) in [4.78, 5) is 18.3. The molecule has 2 aromatic rings. The molecule has 0 saturated carbocycles. The van der Waals surface area contributed by atoms with Crippen molar-refractivity contribution in [1.29, 1.82) is 0 Å². The summed E-state index contributed by atoms with van der Waals surface area (Å²) in [5.41, 5.74) is 0.888. The lowest BCUT2D eigenvalue weighted by Gasteiger charge is -2.21. The number of nitrogens with zero attached hydrogens (tertiary/aromatic N) is 2. The topological polar surface area (TPSA) is 33.2 Å². The summed E-state index contributed by atoms with van der Waals surface area (Å²) in [7, 11) is 0. The minimum Gasteiger partial charge on any atom is -0.308 e. The van der Waals surface area contributed by atoms with Gasteiger partial charge in [0.2, 0.25) is 5.91 Å². The SMILES string of the molecule is C=CCN(C(=O)CSc1ccccn1)c1ccccc1. The average molecular weight is 284 g/mol. The first kappa shape index (κ1) is 14.3. The van der Waals surface area contributed by atoms with Gasteiger partial charge < -0.3 is 4.90 Å². The molecule has 0 N–H and O–H groups in total. The molecule has 0 spiro atoms. The van der Waals surface area contributed by atoms with E-state index in [-0.39, 0.29) is 5.91 Å². The van der Waals surface area contributed by atoms with E-state index in [0.29, 0.717) is 12.3 Å². The van der Waals surface area contributed by atoms with Gasteiger partial charge in [-0.3, -0.25) is 4.79 Å². The number of anilines is 1. The van der Waals surface area contributed by atoms with Gasteiger partial charge in [-0.2, -0.15) is 0 Å². The first-order chi connectivity index (χ1) is 9.81. The Kier molecular flexibility index (Phi) is 5.38. The maximum atomic E-state index is 12.3. The van der Waals surface area contributed by atoms with Crippen LogP contribution in [0.4, 0.5) is 5.69 Å². The lowest BCUT2D eigenvalue weighted by molar-refractivity contribution is -0.116. The summed E-state index contributed by atoms with van der Waals surface area (Å²) in [6, 6.07) is 15.3. The normalized spacial score (nSPS) is 10.0. The van der Waals surface area contributed by atoms with Crippen LogP contribution >= 0.6 is 11.8 Å². The second-order valence-corrected chi connectivity index (χ2v) is 5.08. The van der Waals surface area contributed by atoms with Crippen molar-refractivity contribution in [3.05, 3.63) is 67.4 Å². The average Bonchev–Trinajstić information content (AvgIpc) is 2.52. The summed E-state index contributed by atoms with van der Waals surface area (Å²) < 4.78 is 0. The Morgan fingerprint density at radius 3 is 2.60 bits per heavy atom. The number of aromatic nitrogens is 1. The van der Waals surface area contributed by atoms with Crippen LogP contribution in [-0.2, 0) is 4.79 Å². The highest BCUT2D eigenvalue weighted by Crippen LogP contribution is 2.18. The van der Waals surface area contributed by atoms with Crippen LogP contribution in [0.2, 0.25) is 0 Å². The van der Waals surface area contributed by atoms with E-state index < -0.39 is 0 Å². The zero-order chi connectivity index (χ0) is 14.2. The zero-order valence-corrected chi connectivity index (χ0v) is 11.9. The van der Waals surface area contributed by atoms with Crippen LogP contribution in [0.25, 0.3) is 0 Å². The van der Waals surface area contributed by atoms with Gasteiger partial charge >= 0.3 is 0 Å². The quantitative estimate of drug-likeness (QED) is 0.602. The number of hydrogen-bond donors (Lipinski definition) is 0. The van der Waals surface area contributed by atoms with Crippen LogP contribution in [0.15, 0.2) is 72.4 Å². The van der Waals surface area contributed by atoms with Crippen molar-refractivity contribution >= 4 is 23.4 Å². The van der Waals surface area contributed by atoms with E-state index in [4.69, 9.17) is 0 Å². The molecule has 0 saturated heterocycles. The zero-order valence-electron chi connectivity index (χ0n) is 11.1. The molecule has 0 radical (unpaired) electrons. The van der Waals surface area contributed by atoms with Crippen molar-refractivity contribution in [3.8, 4) is 0 Å². The number of thioether (sulfide) groups is 1. The molecule has 102 valence electrons. The standard InChI is InChI=1S/C16H16N2OS/c1-2-12-18(14-8-4-3-5-9-14)16(19)13-20-15-10-6-7-11-17-15/h2-11H,1,12-13H2. The van der Waals surface area contributed by atoms with Crippen LogP contribution in [0, 0.1) is 0 Å². The third-order valence-corrected chi connectivity index (χ3v) is 3.59. The van der Waals surface area contributed by atoms with E-state index in [2.05, 4.69) is 11.6 Å². The maximum absolute atomic E-state index is 12.3. The highest BCUT2D eigenvalue weighted by Gasteiger charge is 2.14. The number of hydrogen-bond acceptors (Lipinski definition) is 3. The van der Waals surface area contributed by atoms with E-state index in [1.165, 1.54) is 11.8 Å². The van der Waals surface area contributed by atoms with Crippen molar-refractivity contribution in [1.82, 2.24) is 4.98 Å². The second kappa shape index (κ2) is 7.50. The molecule has 3 nitrogen and oxygen atoms in total. The number of benzene rings is 1. The Bertz CT molecular complexity index is 557. The Labute approximate surface area is 123 Å². The van der Waals surface area contributed by atoms with Crippen molar-refractivity contribution in [3.63, 3.8) is 0 Å². The first-order valence-corrected chi connectivity index (χ1v) is 7.30. The first-order valence-electron chi connectivity index (χ1n) is 6.31. The molecule has 0 aliphatic rings.